The summed E-state index contributed by atoms with van der Waals surface area (Å²) < 4.78 is 1.10. The van der Waals surface area contributed by atoms with Gasteiger partial charge in [-0.05, 0) is 30.2 Å². The topological polar surface area (TPSA) is 23.5 Å². The van der Waals surface area contributed by atoms with Gasteiger partial charge >= 0.3 is 0 Å². The summed E-state index contributed by atoms with van der Waals surface area (Å²) in [6.07, 6.45) is 0.477. The SMILES string of the molecule is OC1CCN(Cc2ccc(Br)cc2)c2ccccc21. The van der Waals surface area contributed by atoms with Crippen molar-refractivity contribution in [2.45, 2.75) is 19.1 Å². The van der Waals surface area contributed by atoms with Crippen molar-refractivity contribution in [1.29, 1.82) is 0 Å². The van der Waals surface area contributed by atoms with Crippen LogP contribution in [0, 0.1) is 0 Å². The number of hydrogen-bond donors (Lipinski definition) is 1. The monoisotopic (exact) mass is 317 g/mol. The van der Waals surface area contributed by atoms with E-state index in [1.165, 1.54) is 5.56 Å². The molecule has 0 amide bonds. The number of aliphatic hydroxyl groups excluding tert-OH is 1. The summed E-state index contributed by atoms with van der Waals surface area (Å²) in [6, 6.07) is 16.6. The molecule has 3 heteroatoms. The number of hydrogen-bond acceptors (Lipinski definition) is 2. The molecule has 2 aromatic carbocycles. The van der Waals surface area contributed by atoms with Crippen molar-refractivity contribution in [3.05, 3.63) is 64.1 Å². The molecule has 3 rings (SSSR count). The molecule has 0 fully saturated rings. The zero-order valence-electron chi connectivity index (χ0n) is 10.6. The maximum atomic E-state index is 10.0. The molecular formula is C16H16BrNO. The molecule has 1 aliphatic heterocycles. The van der Waals surface area contributed by atoms with Gasteiger partial charge < -0.3 is 10.0 Å². The standard InChI is InChI=1S/C16H16BrNO/c17-13-7-5-12(6-8-13)11-18-10-9-16(19)14-3-1-2-4-15(14)18/h1-8,16,19H,9-11H2. The van der Waals surface area contributed by atoms with E-state index in [4.69, 9.17) is 0 Å². The fourth-order valence-corrected chi connectivity index (χ4v) is 2.85. The number of aliphatic hydroxyl groups is 1. The van der Waals surface area contributed by atoms with Gasteiger partial charge in [-0.2, -0.15) is 0 Å². The van der Waals surface area contributed by atoms with E-state index in [0.29, 0.717) is 0 Å². The van der Waals surface area contributed by atoms with Crippen molar-refractivity contribution in [2.24, 2.45) is 0 Å². The smallest absolute Gasteiger partial charge is 0.0826 e. The molecule has 0 saturated carbocycles. The normalized spacial score (nSPS) is 18.2. The molecular weight excluding hydrogens is 302 g/mol. The molecule has 0 spiro atoms. The summed E-state index contributed by atoms with van der Waals surface area (Å²) in [5, 5.41) is 10.0. The van der Waals surface area contributed by atoms with Gasteiger partial charge in [-0.15, -0.1) is 0 Å². The van der Waals surface area contributed by atoms with Crippen molar-refractivity contribution in [3.8, 4) is 0 Å². The third-order valence-corrected chi connectivity index (χ3v) is 4.12. The van der Waals surface area contributed by atoms with Gasteiger partial charge in [0.25, 0.3) is 0 Å². The van der Waals surface area contributed by atoms with Gasteiger partial charge in [0.05, 0.1) is 6.10 Å². The lowest BCUT2D eigenvalue weighted by atomic mass is 9.98. The van der Waals surface area contributed by atoms with E-state index in [0.717, 1.165) is 35.2 Å². The van der Waals surface area contributed by atoms with Crippen molar-refractivity contribution in [1.82, 2.24) is 0 Å². The summed E-state index contributed by atoms with van der Waals surface area (Å²) >= 11 is 3.46. The Hall–Kier alpha value is -1.32. The van der Waals surface area contributed by atoms with E-state index in [9.17, 15) is 5.11 Å². The van der Waals surface area contributed by atoms with Gasteiger partial charge in [-0.3, -0.25) is 0 Å². The Labute approximate surface area is 121 Å². The fourth-order valence-electron chi connectivity index (χ4n) is 2.59. The average molecular weight is 318 g/mol. The number of para-hydroxylation sites is 1. The van der Waals surface area contributed by atoms with Crippen LogP contribution < -0.4 is 4.90 Å². The zero-order valence-corrected chi connectivity index (χ0v) is 12.2. The summed E-state index contributed by atoms with van der Waals surface area (Å²) in [7, 11) is 0. The number of nitrogens with zero attached hydrogens (tertiary/aromatic N) is 1. The Morgan fingerprint density at radius 1 is 1.11 bits per heavy atom. The Kier molecular flexibility index (Phi) is 3.58. The molecule has 0 radical (unpaired) electrons. The van der Waals surface area contributed by atoms with E-state index in [-0.39, 0.29) is 6.10 Å². The van der Waals surface area contributed by atoms with Crippen LogP contribution in [0.15, 0.2) is 53.0 Å². The van der Waals surface area contributed by atoms with Crippen molar-refractivity contribution in [2.75, 3.05) is 11.4 Å². The van der Waals surface area contributed by atoms with Gasteiger partial charge in [-0.25, -0.2) is 0 Å². The third kappa shape index (κ3) is 2.67. The molecule has 0 aliphatic carbocycles. The highest BCUT2D eigenvalue weighted by atomic mass is 79.9. The van der Waals surface area contributed by atoms with Crippen molar-refractivity contribution >= 4 is 21.6 Å². The number of halogens is 1. The molecule has 0 saturated heterocycles. The van der Waals surface area contributed by atoms with Crippen LogP contribution in [0.5, 0.6) is 0 Å². The molecule has 1 N–H and O–H groups in total. The van der Waals surface area contributed by atoms with Gasteiger partial charge in [0.2, 0.25) is 0 Å². The minimum Gasteiger partial charge on any atom is -0.388 e. The highest BCUT2D eigenvalue weighted by molar-refractivity contribution is 9.10. The minimum atomic E-state index is -0.322. The second-order valence-electron chi connectivity index (χ2n) is 4.91. The highest BCUT2D eigenvalue weighted by Crippen LogP contribution is 2.34. The molecule has 2 nitrogen and oxygen atoms in total. The molecule has 0 aromatic heterocycles. The lowest BCUT2D eigenvalue weighted by molar-refractivity contribution is 0.164. The number of anilines is 1. The predicted octanol–water partition coefficient (Wildman–Crippen LogP) is 3.89. The average Bonchev–Trinajstić information content (AvgIpc) is 2.45. The van der Waals surface area contributed by atoms with Crippen LogP contribution in [-0.4, -0.2) is 11.7 Å². The first-order valence-electron chi connectivity index (χ1n) is 6.50. The summed E-state index contributed by atoms with van der Waals surface area (Å²) in [4.78, 5) is 2.34. The van der Waals surface area contributed by atoms with E-state index < -0.39 is 0 Å². The van der Waals surface area contributed by atoms with Crippen molar-refractivity contribution < 1.29 is 5.11 Å². The quantitative estimate of drug-likeness (QED) is 0.908. The molecule has 1 aliphatic rings. The van der Waals surface area contributed by atoms with Crippen molar-refractivity contribution in [3.63, 3.8) is 0 Å². The second-order valence-corrected chi connectivity index (χ2v) is 5.83. The molecule has 98 valence electrons. The number of rotatable bonds is 2. The number of benzene rings is 2. The Morgan fingerprint density at radius 2 is 1.84 bits per heavy atom. The summed E-state index contributed by atoms with van der Waals surface area (Å²) in [5.74, 6) is 0. The number of fused-ring (bicyclic) bond motifs is 1. The van der Waals surface area contributed by atoms with Gasteiger partial charge in [0.1, 0.15) is 0 Å². The summed E-state index contributed by atoms with van der Waals surface area (Å²) in [5.41, 5.74) is 3.49. The Balaban J connectivity index is 1.86. The minimum absolute atomic E-state index is 0.322. The lowest BCUT2D eigenvalue weighted by Gasteiger charge is -2.33. The maximum absolute atomic E-state index is 10.0. The zero-order chi connectivity index (χ0) is 13.2. The van der Waals surface area contributed by atoms with E-state index in [2.05, 4.69) is 51.2 Å². The maximum Gasteiger partial charge on any atom is 0.0826 e. The predicted molar refractivity (Wildman–Crippen MR) is 81.2 cm³/mol. The van der Waals surface area contributed by atoms with Gasteiger partial charge in [0, 0.05) is 28.8 Å². The Morgan fingerprint density at radius 3 is 2.63 bits per heavy atom. The highest BCUT2D eigenvalue weighted by Gasteiger charge is 2.22. The molecule has 19 heavy (non-hydrogen) atoms. The van der Waals surface area contributed by atoms with Crippen LogP contribution in [0.2, 0.25) is 0 Å². The fraction of sp³-hybridized carbons (Fsp3) is 0.250. The molecule has 0 bridgehead atoms. The van der Waals surface area contributed by atoms with Crippen LogP contribution >= 0.6 is 15.9 Å². The van der Waals surface area contributed by atoms with Crippen LogP contribution in [0.25, 0.3) is 0 Å². The van der Waals surface area contributed by atoms with E-state index >= 15 is 0 Å². The molecule has 1 unspecified atom stereocenters. The Bertz CT molecular complexity index is 567. The summed E-state index contributed by atoms with van der Waals surface area (Å²) in [6.45, 7) is 1.78. The van der Waals surface area contributed by atoms with Crippen LogP contribution in [0.1, 0.15) is 23.7 Å². The first-order chi connectivity index (χ1) is 9.24. The van der Waals surface area contributed by atoms with Crippen LogP contribution in [0.4, 0.5) is 5.69 Å². The second kappa shape index (κ2) is 5.35. The largest absolute Gasteiger partial charge is 0.388 e. The van der Waals surface area contributed by atoms with E-state index in [1.54, 1.807) is 0 Å². The first kappa shape index (κ1) is 12.7. The lowest BCUT2D eigenvalue weighted by Crippen LogP contribution is -2.30. The molecule has 1 heterocycles. The molecule has 1 atom stereocenters. The van der Waals surface area contributed by atoms with Gasteiger partial charge in [0.15, 0.2) is 0 Å². The van der Waals surface area contributed by atoms with Crippen LogP contribution in [-0.2, 0) is 6.54 Å². The van der Waals surface area contributed by atoms with Gasteiger partial charge in [-0.1, -0.05) is 46.3 Å². The molecule has 2 aromatic rings. The van der Waals surface area contributed by atoms with E-state index in [1.807, 2.05) is 18.2 Å². The van der Waals surface area contributed by atoms with Crippen LogP contribution in [0.3, 0.4) is 0 Å². The third-order valence-electron chi connectivity index (χ3n) is 3.60. The first-order valence-corrected chi connectivity index (χ1v) is 7.30.